The van der Waals surface area contributed by atoms with Crippen molar-refractivity contribution in [3.8, 4) is 0 Å². The van der Waals surface area contributed by atoms with Crippen LogP contribution in [-0.4, -0.2) is 16.0 Å². The van der Waals surface area contributed by atoms with Crippen molar-refractivity contribution < 1.29 is 9.34 Å². The third-order valence-corrected chi connectivity index (χ3v) is 2.97. The standard InChI is InChI=1S/C14H11N3O3/c18-17(19)13-8-11-2-7-20-14(11)12(9-13)10-16-5-1-3-15-4-6-16/h1-9H,10H2. The topological polar surface area (TPSA) is 71.9 Å². The molecule has 6 heteroatoms. The van der Waals surface area contributed by atoms with E-state index in [1.54, 1.807) is 36.8 Å². The lowest BCUT2D eigenvalue weighted by atomic mass is 10.1. The quantitative estimate of drug-likeness (QED) is 0.633. The van der Waals surface area contributed by atoms with Crippen molar-refractivity contribution in [3.05, 3.63) is 64.8 Å². The van der Waals surface area contributed by atoms with Crippen LogP contribution < -0.4 is 0 Å². The van der Waals surface area contributed by atoms with E-state index >= 15 is 0 Å². The van der Waals surface area contributed by atoms with Crippen LogP contribution in [0.15, 0.2) is 58.5 Å². The summed E-state index contributed by atoms with van der Waals surface area (Å²) in [4.78, 5) is 16.5. The Hall–Kier alpha value is -2.89. The molecule has 1 aromatic heterocycles. The number of rotatable bonds is 3. The van der Waals surface area contributed by atoms with Gasteiger partial charge in [0.2, 0.25) is 0 Å². The van der Waals surface area contributed by atoms with Crippen molar-refractivity contribution in [2.45, 2.75) is 6.54 Å². The molecule has 2 heterocycles. The maximum Gasteiger partial charge on any atom is 0.270 e. The number of non-ortho nitro benzene ring substituents is 1. The summed E-state index contributed by atoms with van der Waals surface area (Å²) in [6.45, 7) is 0.474. The van der Waals surface area contributed by atoms with Crippen molar-refractivity contribution in [1.29, 1.82) is 0 Å². The molecule has 0 radical (unpaired) electrons. The number of nitrogens with zero attached hydrogens (tertiary/aromatic N) is 3. The fraction of sp³-hybridized carbons (Fsp3) is 0.0714. The average molecular weight is 269 g/mol. The number of nitro benzene ring substituents is 1. The molecule has 100 valence electrons. The van der Waals surface area contributed by atoms with E-state index in [0.29, 0.717) is 12.1 Å². The largest absolute Gasteiger partial charge is 0.464 e. The SMILES string of the molecule is O=[N+]([O-])c1cc(CN2C=CC=NC=C2)c2occc2c1. The normalized spacial score (nSPS) is 13.9. The van der Waals surface area contributed by atoms with E-state index in [-0.39, 0.29) is 5.69 Å². The van der Waals surface area contributed by atoms with Gasteiger partial charge in [-0.25, -0.2) is 0 Å². The van der Waals surface area contributed by atoms with Gasteiger partial charge in [0.25, 0.3) is 5.69 Å². The second kappa shape index (κ2) is 5.00. The first-order valence-corrected chi connectivity index (χ1v) is 6.01. The zero-order valence-electron chi connectivity index (χ0n) is 10.5. The monoisotopic (exact) mass is 269 g/mol. The third-order valence-electron chi connectivity index (χ3n) is 2.97. The van der Waals surface area contributed by atoms with Crippen LogP contribution in [0.4, 0.5) is 5.69 Å². The summed E-state index contributed by atoms with van der Waals surface area (Å²) in [5.74, 6) is 0. The van der Waals surface area contributed by atoms with E-state index in [1.807, 2.05) is 11.1 Å². The Morgan fingerprint density at radius 3 is 3.10 bits per heavy atom. The highest BCUT2D eigenvalue weighted by molar-refractivity contribution is 5.83. The molecule has 0 unspecified atom stereocenters. The Morgan fingerprint density at radius 2 is 2.25 bits per heavy atom. The summed E-state index contributed by atoms with van der Waals surface area (Å²) in [5, 5.41) is 11.7. The Bertz CT molecular complexity index is 727. The van der Waals surface area contributed by atoms with E-state index in [1.165, 1.54) is 12.3 Å². The number of allylic oxidation sites excluding steroid dienone is 1. The molecule has 0 amide bonds. The van der Waals surface area contributed by atoms with E-state index in [2.05, 4.69) is 4.99 Å². The molecule has 0 atom stereocenters. The summed E-state index contributed by atoms with van der Waals surface area (Å²) in [7, 11) is 0. The molecule has 1 aliphatic rings. The van der Waals surface area contributed by atoms with Gasteiger partial charge in [0.1, 0.15) is 5.58 Å². The highest BCUT2D eigenvalue weighted by atomic mass is 16.6. The molecular formula is C14H11N3O3. The maximum atomic E-state index is 11.0. The smallest absolute Gasteiger partial charge is 0.270 e. The van der Waals surface area contributed by atoms with Gasteiger partial charge < -0.3 is 9.32 Å². The molecule has 0 fully saturated rings. The average Bonchev–Trinajstić information content (AvgIpc) is 2.76. The van der Waals surface area contributed by atoms with Crippen molar-refractivity contribution in [3.63, 3.8) is 0 Å². The number of hydrogen-bond donors (Lipinski definition) is 0. The zero-order valence-corrected chi connectivity index (χ0v) is 10.5. The van der Waals surface area contributed by atoms with Crippen LogP contribution >= 0.6 is 0 Å². The second-order valence-corrected chi connectivity index (χ2v) is 4.31. The van der Waals surface area contributed by atoms with Crippen LogP contribution in [0.3, 0.4) is 0 Å². The van der Waals surface area contributed by atoms with Crippen molar-refractivity contribution >= 4 is 22.9 Å². The van der Waals surface area contributed by atoms with Crippen LogP contribution in [0.25, 0.3) is 11.0 Å². The Kier molecular flexibility index (Phi) is 3.04. The van der Waals surface area contributed by atoms with E-state index in [9.17, 15) is 10.1 Å². The summed E-state index contributed by atoms with van der Waals surface area (Å²) in [6.07, 6.45) is 10.3. The van der Waals surface area contributed by atoms with Gasteiger partial charge in [-0.3, -0.25) is 15.1 Å². The molecular weight excluding hydrogens is 258 g/mol. The van der Waals surface area contributed by atoms with Crippen molar-refractivity contribution in [1.82, 2.24) is 4.90 Å². The lowest BCUT2D eigenvalue weighted by Gasteiger charge is -2.14. The van der Waals surface area contributed by atoms with Crippen LogP contribution in [0.2, 0.25) is 0 Å². The first-order valence-electron chi connectivity index (χ1n) is 6.01. The number of nitro groups is 1. The van der Waals surface area contributed by atoms with Gasteiger partial charge in [0, 0.05) is 47.9 Å². The number of aliphatic imine (C=N–C) groups is 1. The molecule has 0 spiro atoms. The van der Waals surface area contributed by atoms with E-state index < -0.39 is 4.92 Å². The Labute approximate surface area is 114 Å². The first kappa shape index (κ1) is 12.2. The molecule has 0 bridgehead atoms. The van der Waals surface area contributed by atoms with Crippen LogP contribution in [-0.2, 0) is 6.54 Å². The van der Waals surface area contributed by atoms with Gasteiger partial charge in [-0.1, -0.05) is 0 Å². The molecule has 0 N–H and O–H groups in total. The lowest BCUT2D eigenvalue weighted by Crippen LogP contribution is -2.09. The Morgan fingerprint density at radius 1 is 1.35 bits per heavy atom. The summed E-state index contributed by atoms with van der Waals surface area (Å²) < 4.78 is 5.43. The first-order chi connectivity index (χ1) is 9.74. The minimum absolute atomic E-state index is 0.0629. The number of hydrogen-bond acceptors (Lipinski definition) is 5. The zero-order chi connectivity index (χ0) is 13.9. The molecule has 3 rings (SSSR count). The lowest BCUT2D eigenvalue weighted by molar-refractivity contribution is -0.384. The molecule has 1 aliphatic heterocycles. The van der Waals surface area contributed by atoms with Gasteiger partial charge in [-0.05, 0) is 12.1 Å². The summed E-state index contributed by atoms with van der Waals surface area (Å²) in [6, 6.07) is 4.78. The predicted octanol–water partition coefficient (Wildman–Crippen LogP) is 3.21. The van der Waals surface area contributed by atoms with Crippen molar-refractivity contribution in [2.75, 3.05) is 0 Å². The fourth-order valence-corrected chi connectivity index (χ4v) is 2.09. The van der Waals surface area contributed by atoms with Gasteiger partial charge in [0.05, 0.1) is 17.7 Å². The molecule has 6 nitrogen and oxygen atoms in total. The second-order valence-electron chi connectivity index (χ2n) is 4.31. The molecule has 20 heavy (non-hydrogen) atoms. The van der Waals surface area contributed by atoms with Gasteiger partial charge in [-0.15, -0.1) is 0 Å². The maximum absolute atomic E-state index is 11.0. The molecule has 1 aromatic carbocycles. The third kappa shape index (κ3) is 2.31. The van der Waals surface area contributed by atoms with E-state index in [4.69, 9.17) is 4.42 Å². The van der Waals surface area contributed by atoms with Gasteiger partial charge in [-0.2, -0.15) is 0 Å². The van der Waals surface area contributed by atoms with E-state index in [0.717, 1.165) is 10.9 Å². The van der Waals surface area contributed by atoms with Crippen LogP contribution in [0.1, 0.15) is 5.56 Å². The molecule has 0 saturated heterocycles. The number of benzene rings is 1. The molecule has 2 aromatic rings. The number of fused-ring (bicyclic) bond motifs is 1. The molecule has 0 saturated carbocycles. The summed E-state index contributed by atoms with van der Waals surface area (Å²) in [5.41, 5.74) is 1.49. The summed E-state index contributed by atoms with van der Waals surface area (Å²) >= 11 is 0. The number of furan rings is 1. The minimum atomic E-state index is -0.396. The van der Waals surface area contributed by atoms with Crippen LogP contribution in [0, 0.1) is 10.1 Å². The van der Waals surface area contributed by atoms with Crippen molar-refractivity contribution in [2.24, 2.45) is 4.99 Å². The highest BCUT2D eigenvalue weighted by Crippen LogP contribution is 2.27. The minimum Gasteiger partial charge on any atom is -0.464 e. The van der Waals surface area contributed by atoms with Gasteiger partial charge in [0.15, 0.2) is 0 Å². The predicted molar refractivity (Wildman–Crippen MR) is 75.2 cm³/mol. The van der Waals surface area contributed by atoms with Gasteiger partial charge >= 0.3 is 0 Å². The fourth-order valence-electron chi connectivity index (χ4n) is 2.09. The molecule has 0 aliphatic carbocycles. The Balaban J connectivity index is 2.01. The van der Waals surface area contributed by atoms with Crippen LogP contribution in [0.5, 0.6) is 0 Å². The highest BCUT2D eigenvalue weighted by Gasteiger charge is 2.14.